The van der Waals surface area contributed by atoms with Crippen LogP contribution in [-0.2, 0) is 6.54 Å². The van der Waals surface area contributed by atoms with Gasteiger partial charge in [0.25, 0.3) is 0 Å². The highest BCUT2D eigenvalue weighted by atomic mass is 14.7. The first-order valence-electron chi connectivity index (χ1n) is 13.6. The van der Waals surface area contributed by atoms with Crippen molar-refractivity contribution in [3.05, 3.63) is 150 Å². The maximum atomic E-state index is 5.10. The van der Waals surface area contributed by atoms with E-state index < -0.39 is 0 Å². The molecule has 2 heterocycles. The molecular weight excluding hydrogens is 486 g/mol. The second-order valence-electron chi connectivity index (χ2n) is 10.0. The summed E-state index contributed by atoms with van der Waals surface area (Å²) < 4.78 is 0. The fourth-order valence-electron chi connectivity index (χ4n) is 5.45. The topological polar surface area (TPSA) is 38.1 Å². The molecule has 1 aliphatic rings. The summed E-state index contributed by atoms with van der Waals surface area (Å²) in [5, 5.41) is 4.55. The molecule has 0 N–H and O–H groups in total. The highest BCUT2D eigenvalue weighted by molar-refractivity contribution is 6.15. The van der Waals surface area contributed by atoms with Gasteiger partial charge in [-0.15, -0.1) is 0 Å². The lowest BCUT2D eigenvalue weighted by molar-refractivity contribution is 1.07. The summed E-state index contributed by atoms with van der Waals surface area (Å²) in [6.07, 6.45) is 10.5. The number of hydrogen-bond acceptors (Lipinski definition) is 3. The molecule has 0 spiro atoms. The zero-order valence-electron chi connectivity index (χ0n) is 22.3. The minimum Gasteiger partial charge on any atom is -0.280 e. The van der Waals surface area contributed by atoms with Crippen LogP contribution in [0.1, 0.15) is 18.1 Å². The number of rotatable bonds is 4. The maximum Gasteiger partial charge on any atom is 0.0780 e. The summed E-state index contributed by atoms with van der Waals surface area (Å²) in [6, 6.07) is 36.0. The van der Waals surface area contributed by atoms with Crippen molar-refractivity contribution < 1.29 is 0 Å². The molecule has 2 aromatic heterocycles. The van der Waals surface area contributed by atoms with Crippen LogP contribution in [0.3, 0.4) is 0 Å². The van der Waals surface area contributed by atoms with Crippen molar-refractivity contribution in [2.45, 2.75) is 13.5 Å². The molecule has 1 aliphatic carbocycles. The lowest BCUT2D eigenvalue weighted by atomic mass is 9.93. The number of aromatic nitrogens is 2. The zero-order chi connectivity index (χ0) is 26.9. The zero-order valence-corrected chi connectivity index (χ0v) is 22.3. The predicted molar refractivity (Wildman–Crippen MR) is 168 cm³/mol. The van der Waals surface area contributed by atoms with E-state index in [9.17, 15) is 0 Å². The van der Waals surface area contributed by atoms with Gasteiger partial charge in [0.15, 0.2) is 0 Å². The van der Waals surface area contributed by atoms with E-state index in [1.54, 1.807) is 0 Å². The first-order chi connectivity index (χ1) is 19.8. The van der Waals surface area contributed by atoms with Crippen LogP contribution in [-0.4, -0.2) is 15.7 Å². The van der Waals surface area contributed by atoms with Gasteiger partial charge in [-0.1, -0.05) is 84.9 Å². The average Bonchev–Trinajstić information content (AvgIpc) is 3.03. The van der Waals surface area contributed by atoms with E-state index in [2.05, 4.69) is 127 Å². The molecule has 0 unspecified atom stereocenters. The Morgan fingerprint density at radius 2 is 1.60 bits per heavy atom. The molecule has 3 nitrogen and oxygen atoms in total. The van der Waals surface area contributed by atoms with Gasteiger partial charge in [0, 0.05) is 27.9 Å². The van der Waals surface area contributed by atoms with Crippen molar-refractivity contribution in [1.29, 1.82) is 0 Å². The van der Waals surface area contributed by atoms with Crippen molar-refractivity contribution in [3.8, 4) is 11.3 Å². The van der Waals surface area contributed by atoms with E-state index in [0.29, 0.717) is 6.54 Å². The third kappa shape index (κ3) is 4.42. The summed E-state index contributed by atoms with van der Waals surface area (Å²) in [5.41, 5.74) is 9.80. The van der Waals surface area contributed by atoms with Gasteiger partial charge in [-0.3, -0.25) is 9.98 Å². The highest BCUT2D eigenvalue weighted by Crippen LogP contribution is 2.34. The van der Waals surface area contributed by atoms with Crippen molar-refractivity contribution in [2.75, 3.05) is 0 Å². The van der Waals surface area contributed by atoms with Crippen LogP contribution < -0.4 is 0 Å². The number of allylic oxidation sites excluding steroid dienone is 6. The van der Waals surface area contributed by atoms with Crippen LogP contribution in [0.4, 0.5) is 0 Å². The molecule has 0 aliphatic heterocycles. The first kappa shape index (κ1) is 23.9. The van der Waals surface area contributed by atoms with Crippen LogP contribution in [0.5, 0.6) is 0 Å². The van der Waals surface area contributed by atoms with Gasteiger partial charge in [-0.05, 0) is 77.1 Å². The molecule has 0 atom stereocenters. The SMILES string of the molecule is C/C=C1/C=C(c2ccc3nc(-c4cc5cccnc5c5ccccc45)ccc3c2)C=CC1=NCc1ccccc1. The van der Waals surface area contributed by atoms with Crippen molar-refractivity contribution in [2.24, 2.45) is 4.99 Å². The van der Waals surface area contributed by atoms with Gasteiger partial charge in [0.05, 0.1) is 29.0 Å². The Morgan fingerprint density at radius 1 is 0.750 bits per heavy atom. The van der Waals surface area contributed by atoms with E-state index in [1.807, 2.05) is 18.3 Å². The smallest absolute Gasteiger partial charge is 0.0780 e. The van der Waals surface area contributed by atoms with Crippen molar-refractivity contribution in [3.63, 3.8) is 0 Å². The number of benzene rings is 4. The van der Waals surface area contributed by atoms with Crippen LogP contribution in [0.15, 0.2) is 144 Å². The molecule has 4 aromatic carbocycles. The lowest BCUT2D eigenvalue weighted by Gasteiger charge is -2.14. The Hall–Kier alpha value is -5.15. The van der Waals surface area contributed by atoms with Crippen LogP contribution in [0.2, 0.25) is 0 Å². The standard InChI is InChI=1S/C37H27N3/c1-2-26-21-27(14-17-34(26)39-24-25-9-4-3-5-10-25)28-15-18-35-29(22-28)16-19-36(40-35)33-23-30-11-8-20-38-37(30)32-13-7-6-12-31(32)33/h2-23H,24H2,1H3/b26-2-,39-34?. The molecule has 0 fully saturated rings. The molecule has 7 rings (SSSR count). The third-order valence-corrected chi connectivity index (χ3v) is 7.52. The number of aliphatic imine (C=N–C) groups is 1. The number of hydrogen-bond donors (Lipinski definition) is 0. The fraction of sp³-hybridized carbons (Fsp3) is 0.0541. The molecule has 0 amide bonds. The van der Waals surface area contributed by atoms with E-state index in [4.69, 9.17) is 9.98 Å². The summed E-state index contributed by atoms with van der Waals surface area (Å²) in [5.74, 6) is 0. The largest absolute Gasteiger partial charge is 0.280 e. The second kappa shape index (κ2) is 10.2. The summed E-state index contributed by atoms with van der Waals surface area (Å²) in [6.45, 7) is 2.74. The Kier molecular flexibility index (Phi) is 6.10. The van der Waals surface area contributed by atoms with Crippen molar-refractivity contribution >= 4 is 43.9 Å². The highest BCUT2D eigenvalue weighted by Gasteiger charge is 2.13. The van der Waals surface area contributed by atoms with Crippen LogP contribution in [0.25, 0.3) is 49.4 Å². The van der Waals surface area contributed by atoms with Gasteiger partial charge >= 0.3 is 0 Å². The van der Waals surface area contributed by atoms with Gasteiger partial charge in [-0.25, -0.2) is 4.98 Å². The van der Waals surface area contributed by atoms with E-state index >= 15 is 0 Å². The van der Waals surface area contributed by atoms with E-state index in [0.717, 1.165) is 49.7 Å². The lowest BCUT2D eigenvalue weighted by Crippen LogP contribution is -2.03. The number of pyridine rings is 2. The average molecular weight is 514 g/mol. The molecule has 190 valence electrons. The molecule has 6 aromatic rings. The maximum absolute atomic E-state index is 5.10. The molecule has 0 saturated heterocycles. The molecular formula is C37H27N3. The Bertz CT molecular complexity index is 2030. The molecule has 0 radical (unpaired) electrons. The molecule has 0 saturated carbocycles. The summed E-state index contributed by atoms with van der Waals surface area (Å²) >= 11 is 0. The quantitative estimate of drug-likeness (QED) is 0.220. The number of fused-ring (bicyclic) bond motifs is 4. The fourth-order valence-corrected chi connectivity index (χ4v) is 5.45. The van der Waals surface area contributed by atoms with Crippen molar-refractivity contribution in [1.82, 2.24) is 9.97 Å². The van der Waals surface area contributed by atoms with E-state index in [-0.39, 0.29) is 0 Å². The predicted octanol–water partition coefficient (Wildman–Crippen LogP) is 9.14. The Labute approximate surface area is 233 Å². The Morgan fingerprint density at radius 3 is 2.48 bits per heavy atom. The van der Waals surface area contributed by atoms with E-state index in [1.165, 1.54) is 22.1 Å². The van der Waals surface area contributed by atoms with Crippen LogP contribution >= 0.6 is 0 Å². The normalized spacial score (nSPS) is 15.4. The Balaban J connectivity index is 1.22. The molecule has 3 heteroatoms. The van der Waals surface area contributed by atoms with Gasteiger partial charge < -0.3 is 0 Å². The molecule has 0 bridgehead atoms. The minimum atomic E-state index is 0.675. The molecule has 40 heavy (non-hydrogen) atoms. The van der Waals surface area contributed by atoms with Gasteiger partial charge in [0.1, 0.15) is 0 Å². The monoisotopic (exact) mass is 513 g/mol. The van der Waals surface area contributed by atoms with Crippen LogP contribution in [0, 0.1) is 0 Å². The minimum absolute atomic E-state index is 0.675. The van der Waals surface area contributed by atoms with Gasteiger partial charge in [-0.2, -0.15) is 0 Å². The summed E-state index contributed by atoms with van der Waals surface area (Å²) in [7, 11) is 0. The number of nitrogens with zero attached hydrogens (tertiary/aromatic N) is 3. The van der Waals surface area contributed by atoms with Gasteiger partial charge in [0.2, 0.25) is 0 Å². The first-order valence-corrected chi connectivity index (χ1v) is 13.6. The second-order valence-corrected chi connectivity index (χ2v) is 10.0. The third-order valence-electron chi connectivity index (χ3n) is 7.52. The summed E-state index contributed by atoms with van der Waals surface area (Å²) in [4.78, 5) is 14.6.